The molecule has 1 aromatic carbocycles. The topological polar surface area (TPSA) is 24.5 Å². The fourth-order valence-electron chi connectivity index (χ4n) is 3.27. The van der Waals surface area contributed by atoms with E-state index in [0.29, 0.717) is 11.5 Å². The van der Waals surface area contributed by atoms with E-state index in [0.717, 1.165) is 45.0 Å². The van der Waals surface area contributed by atoms with Crippen LogP contribution in [0.5, 0.6) is 5.75 Å². The second kappa shape index (κ2) is 5.38. The van der Waals surface area contributed by atoms with Crippen LogP contribution in [0.4, 0.5) is 0 Å². The zero-order valence-electron chi connectivity index (χ0n) is 12.9. The van der Waals surface area contributed by atoms with E-state index in [1.807, 2.05) is 0 Å². The standard InChI is InChI=1S/C17H26N2O/c1-13(2)19-10-17(3,11-19)12-20-16-6-4-5-14-9-18-8-7-15(14)16/h4-6,13,18H,7-12H2,1-3H3. The fourth-order valence-corrected chi connectivity index (χ4v) is 3.27. The van der Waals surface area contributed by atoms with Crippen LogP contribution in [0.3, 0.4) is 0 Å². The smallest absolute Gasteiger partial charge is 0.122 e. The summed E-state index contributed by atoms with van der Waals surface area (Å²) in [6.45, 7) is 12.0. The lowest BCUT2D eigenvalue weighted by Gasteiger charge is -2.50. The Morgan fingerprint density at radius 2 is 2.15 bits per heavy atom. The number of rotatable bonds is 4. The number of hydrogen-bond acceptors (Lipinski definition) is 3. The molecule has 3 nitrogen and oxygen atoms in total. The predicted octanol–water partition coefficient (Wildman–Crippen LogP) is 2.44. The maximum absolute atomic E-state index is 6.18. The number of ether oxygens (including phenoxy) is 1. The second-order valence-corrected chi connectivity index (χ2v) is 6.92. The quantitative estimate of drug-likeness (QED) is 0.912. The number of fused-ring (bicyclic) bond motifs is 1. The summed E-state index contributed by atoms with van der Waals surface area (Å²) < 4.78 is 6.18. The lowest BCUT2D eigenvalue weighted by molar-refractivity contribution is -0.0378. The van der Waals surface area contributed by atoms with Crippen molar-refractivity contribution < 1.29 is 4.74 Å². The summed E-state index contributed by atoms with van der Waals surface area (Å²) in [7, 11) is 0. The minimum atomic E-state index is 0.319. The number of nitrogens with zero attached hydrogens (tertiary/aromatic N) is 1. The van der Waals surface area contributed by atoms with Crippen LogP contribution in [0.1, 0.15) is 31.9 Å². The Bertz CT molecular complexity index is 478. The molecule has 0 aliphatic carbocycles. The molecule has 2 aliphatic rings. The van der Waals surface area contributed by atoms with Crippen molar-refractivity contribution in [2.75, 3.05) is 26.2 Å². The van der Waals surface area contributed by atoms with Gasteiger partial charge in [0.05, 0.1) is 6.61 Å². The molecule has 1 N–H and O–H groups in total. The van der Waals surface area contributed by atoms with E-state index in [-0.39, 0.29) is 0 Å². The lowest BCUT2D eigenvalue weighted by Crippen LogP contribution is -2.59. The Morgan fingerprint density at radius 1 is 1.35 bits per heavy atom. The zero-order valence-corrected chi connectivity index (χ0v) is 12.9. The van der Waals surface area contributed by atoms with Crippen molar-refractivity contribution in [2.45, 2.75) is 39.8 Å². The van der Waals surface area contributed by atoms with Gasteiger partial charge in [-0.2, -0.15) is 0 Å². The SMILES string of the molecule is CC(C)N1CC(C)(COc2cccc3c2CCNC3)C1. The van der Waals surface area contributed by atoms with E-state index < -0.39 is 0 Å². The maximum atomic E-state index is 6.18. The van der Waals surface area contributed by atoms with Crippen molar-refractivity contribution in [1.29, 1.82) is 0 Å². The highest BCUT2D eigenvalue weighted by molar-refractivity contribution is 5.41. The van der Waals surface area contributed by atoms with Gasteiger partial charge in [0.25, 0.3) is 0 Å². The summed E-state index contributed by atoms with van der Waals surface area (Å²) in [5, 5.41) is 3.42. The van der Waals surface area contributed by atoms with E-state index >= 15 is 0 Å². The van der Waals surface area contributed by atoms with Crippen LogP contribution >= 0.6 is 0 Å². The number of nitrogens with one attached hydrogen (secondary N) is 1. The van der Waals surface area contributed by atoms with Gasteiger partial charge in [-0.05, 0) is 44.0 Å². The Balaban J connectivity index is 1.62. The zero-order chi connectivity index (χ0) is 14.2. The first-order chi connectivity index (χ1) is 9.57. The third kappa shape index (κ3) is 2.70. The van der Waals surface area contributed by atoms with Crippen molar-refractivity contribution in [3.63, 3.8) is 0 Å². The van der Waals surface area contributed by atoms with Gasteiger partial charge < -0.3 is 10.1 Å². The third-order valence-electron chi connectivity index (χ3n) is 4.57. The minimum Gasteiger partial charge on any atom is -0.493 e. The Kier molecular flexibility index (Phi) is 3.74. The average molecular weight is 274 g/mol. The molecule has 0 aromatic heterocycles. The number of benzene rings is 1. The highest BCUT2D eigenvalue weighted by Crippen LogP contribution is 2.33. The molecule has 0 saturated carbocycles. The molecule has 3 heteroatoms. The van der Waals surface area contributed by atoms with Crippen LogP contribution < -0.4 is 10.1 Å². The average Bonchev–Trinajstić information content (AvgIpc) is 2.42. The summed E-state index contributed by atoms with van der Waals surface area (Å²) >= 11 is 0. The molecule has 1 saturated heterocycles. The lowest BCUT2D eigenvalue weighted by atomic mass is 9.82. The van der Waals surface area contributed by atoms with E-state index in [9.17, 15) is 0 Å². The normalized spacial score (nSPS) is 21.4. The monoisotopic (exact) mass is 274 g/mol. The molecule has 3 rings (SSSR count). The van der Waals surface area contributed by atoms with Crippen molar-refractivity contribution in [1.82, 2.24) is 10.2 Å². The Hall–Kier alpha value is -1.06. The van der Waals surface area contributed by atoms with Crippen LogP contribution in [0.15, 0.2) is 18.2 Å². The van der Waals surface area contributed by atoms with Crippen LogP contribution in [0, 0.1) is 5.41 Å². The summed E-state index contributed by atoms with van der Waals surface area (Å²) in [6.07, 6.45) is 1.08. The maximum Gasteiger partial charge on any atom is 0.122 e. The first-order valence-electron chi connectivity index (χ1n) is 7.76. The van der Waals surface area contributed by atoms with E-state index in [2.05, 4.69) is 49.2 Å². The fraction of sp³-hybridized carbons (Fsp3) is 0.647. The first-order valence-corrected chi connectivity index (χ1v) is 7.76. The molecule has 20 heavy (non-hydrogen) atoms. The molecule has 2 aliphatic heterocycles. The van der Waals surface area contributed by atoms with Crippen molar-refractivity contribution in [3.05, 3.63) is 29.3 Å². The van der Waals surface area contributed by atoms with Crippen LogP contribution in [-0.2, 0) is 13.0 Å². The minimum absolute atomic E-state index is 0.319. The summed E-state index contributed by atoms with van der Waals surface area (Å²) in [5.74, 6) is 1.10. The molecular weight excluding hydrogens is 248 g/mol. The van der Waals surface area contributed by atoms with Crippen LogP contribution in [0.25, 0.3) is 0 Å². The molecule has 0 atom stereocenters. The van der Waals surface area contributed by atoms with Crippen LogP contribution in [-0.4, -0.2) is 37.2 Å². The molecule has 0 unspecified atom stereocenters. The molecule has 0 radical (unpaired) electrons. The molecule has 0 bridgehead atoms. The van der Waals surface area contributed by atoms with Gasteiger partial charge in [-0.1, -0.05) is 19.1 Å². The Morgan fingerprint density at radius 3 is 2.90 bits per heavy atom. The van der Waals surface area contributed by atoms with Gasteiger partial charge in [0.15, 0.2) is 0 Å². The van der Waals surface area contributed by atoms with E-state index in [4.69, 9.17) is 4.74 Å². The molecule has 110 valence electrons. The molecular formula is C17H26N2O. The predicted molar refractivity (Wildman–Crippen MR) is 82.2 cm³/mol. The van der Waals surface area contributed by atoms with Gasteiger partial charge in [0.1, 0.15) is 5.75 Å². The molecule has 1 aromatic rings. The molecule has 0 amide bonds. The second-order valence-electron chi connectivity index (χ2n) is 6.92. The van der Waals surface area contributed by atoms with Gasteiger partial charge in [0, 0.05) is 31.1 Å². The summed E-state index contributed by atoms with van der Waals surface area (Å²) in [5.41, 5.74) is 3.13. The molecule has 1 fully saturated rings. The van der Waals surface area contributed by atoms with Gasteiger partial charge in [-0.3, -0.25) is 4.90 Å². The molecule has 2 heterocycles. The highest BCUT2D eigenvalue weighted by Gasteiger charge is 2.40. The van der Waals surface area contributed by atoms with Gasteiger partial charge in [-0.25, -0.2) is 0 Å². The van der Waals surface area contributed by atoms with E-state index in [1.165, 1.54) is 11.1 Å². The third-order valence-corrected chi connectivity index (χ3v) is 4.57. The van der Waals surface area contributed by atoms with E-state index in [1.54, 1.807) is 0 Å². The van der Waals surface area contributed by atoms with Crippen molar-refractivity contribution in [2.24, 2.45) is 5.41 Å². The highest BCUT2D eigenvalue weighted by atomic mass is 16.5. The summed E-state index contributed by atoms with van der Waals surface area (Å²) in [4.78, 5) is 2.51. The number of likely N-dealkylation sites (tertiary alicyclic amines) is 1. The largest absolute Gasteiger partial charge is 0.493 e. The van der Waals surface area contributed by atoms with Crippen molar-refractivity contribution >= 4 is 0 Å². The summed E-state index contributed by atoms with van der Waals surface area (Å²) in [6, 6.07) is 7.11. The van der Waals surface area contributed by atoms with Gasteiger partial charge in [-0.15, -0.1) is 0 Å². The first kappa shape index (κ1) is 13.9. The van der Waals surface area contributed by atoms with Gasteiger partial charge >= 0.3 is 0 Å². The molecule has 0 spiro atoms. The Labute approximate surface area is 122 Å². The van der Waals surface area contributed by atoms with Crippen LogP contribution in [0.2, 0.25) is 0 Å². The van der Waals surface area contributed by atoms with Gasteiger partial charge in [0.2, 0.25) is 0 Å². The van der Waals surface area contributed by atoms with Crippen molar-refractivity contribution in [3.8, 4) is 5.75 Å². The number of hydrogen-bond donors (Lipinski definition) is 1.